The Labute approximate surface area is 182 Å². The van der Waals surface area contributed by atoms with Crippen molar-refractivity contribution in [1.82, 2.24) is 9.55 Å². The quantitative estimate of drug-likeness (QED) is 0.445. The van der Waals surface area contributed by atoms with Crippen molar-refractivity contribution in [2.24, 2.45) is 0 Å². The van der Waals surface area contributed by atoms with E-state index < -0.39 is 22.5 Å². The topological polar surface area (TPSA) is 108 Å². The number of nitrogens with zero attached hydrogens (tertiary/aromatic N) is 3. The average Bonchev–Trinajstić information content (AvgIpc) is 3.13. The fourth-order valence-electron chi connectivity index (χ4n) is 3.40. The maximum Gasteiger partial charge on any atom is 0.326 e. The van der Waals surface area contributed by atoms with E-state index in [1.165, 1.54) is 6.07 Å². The number of rotatable bonds is 7. The van der Waals surface area contributed by atoms with Gasteiger partial charge in [-0.15, -0.1) is 0 Å². The minimum absolute atomic E-state index is 0.0834. The lowest BCUT2D eigenvalue weighted by Crippen LogP contribution is -2.38. The van der Waals surface area contributed by atoms with Crippen LogP contribution >= 0.6 is 0 Å². The predicted octanol–water partition coefficient (Wildman–Crippen LogP) is 3.14. The minimum atomic E-state index is -4.11. The second kappa shape index (κ2) is 8.81. The largest absolute Gasteiger partial charge is 0.465 e. The fraction of sp³-hybridized carbons (Fsp3) is 0.273. The zero-order chi connectivity index (χ0) is 22.8. The summed E-state index contributed by atoms with van der Waals surface area (Å²) in [6.45, 7) is 6.67. The molecule has 0 radical (unpaired) electrons. The normalized spacial score (nSPS) is 11.4. The smallest absolute Gasteiger partial charge is 0.326 e. The molecule has 1 aromatic heterocycles. The van der Waals surface area contributed by atoms with Crippen molar-refractivity contribution >= 4 is 27.4 Å². The summed E-state index contributed by atoms with van der Waals surface area (Å²) in [6.07, 6.45) is 3.52. The maximum atomic E-state index is 13.7. The maximum absolute atomic E-state index is 13.7. The summed E-state index contributed by atoms with van der Waals surface area (Å²) < 4.78 is 35.2. The number of aromatic nitrogens is 2. The molecule has 8 nitrogen and oxygen atoms in total. The van der Waals surface area contributed by atoms with E-state index in [-0.39, 0.29) is 22.9 Å². The van der Waals surface area contributed by atoms with E-state index in [4.69, 9.17) is 10.5 Å². The van der Waals surface area contributed by atoms with Crippen molar-refractivity contribution in [1.29, 1.82) is 0 Å². The fourth-order valence-corrected chi connectivity index (χ4v) is 5.10. The molecule has 0 aliphatic carbocycles. The van der Waals surface area contributed by atoms with Gasteiger partial charge in [0.25, 0.3) is 10.0 Å². The van der Waals surface area contributed by atoms with Crippen LogP contribution < -0.4 is 10.0 Å². The second-order valence-electron chi connectivity index (χ2n) is 7.20. The molecule has 0 aliphatic rings. The third-order valence-corrected chi connectivity index (χ3v) is 6.74. The highest BCUT2D eigenvalue weighted by Gasteiger charge is 2.31. The van der Waals surface area contributed by atoms with E-state index in [2.05, 4.69) is 4.98 Å². The van der Waals surface area contributed by atoms with Crippen molar-refractivity contribution in [3.05, 3.63) is 65.7 Å². The van der Waals surface area contributed by atoms with Gasteiger partial charge in [-0.25, -0.2) is 13.4 Å². The number of carbonyl (C=O) groups is 1. The lowest BCUT2D eigenvalue weighted by Gasteiger charge is -2.27. The number of para-hydroxylation sites is 1. The molecular weight excluding hydrogens is 416 g/mol. The highest BCUT2D eigenvalue weighted by molar-refractivity contribution is 7.93. The average molecular weight is 443 g/mol. The van der Waals surface area contributed by atoms with Crippen LogP contribution in [0.25, 0.3) is 5.69 Å². The third kappa shape index (κ3) is 4.56. The highest BCUT2D eigenvalue weighted by atomic mass is 32.2. The van der Waals surface area contributed by atoms with Crippen molar-refractivity contribution < 1.29 is 17.9 Å². The van der Waals surface area contributed by atoms with Gasteiger partial charge in [-0.1, -0.05) is 12.1 Å². The molecular formula is C22H26N4O4S. The lowest BCUT2D eigenvalue weighted by atomic mass is 10.1. The van der Waals surface area contributed by atoms with Crippen LogP contribution in [0.15, 0.2) is 53.8 Å². The predicted molar refractivity (Wildman–Crippen MR) is 120 cm³/mol. The summed E-state index contributed by atoms with van der Waals surface area (Å²) >= 11 is 0. The molecule has 0 fully saturated rings. The van der Waals surface area contributed by atoms with Crippen LogP contribution in [0.5, 0.6) is 0 Å². The van der Waals surface area contributed by atoms with Crippen LogP contribution in [0.3, 0.4) is 0 Å². The Bertz CT molecular complexity index is 1200. The minimum Gasteiger partial charge on any atom is -0.465 e. The number of esters is 1. The SMILES string of the molecule is CCOC(=O)CN(c1c(C)cccc1N)S(=O)(=O)c1ccc(-n2cnc(C)c2)cc1C. The number of carbonyl (C=O) groups excluding carboxylic acids is 1. The van der Waals surface area contributed by atoms with E-state index in [1.54, 1.807) is 57.4 Å². The Kier molecular flexibility index (Phi) is 6.35. The Morgan fingerprint density at radius 2 is 1.90 bits per heavy atom. The second-order valence-corrected chi connectivity index (χ2v) is 9.03. The molecule has 164 valence electrons. The molecule has 31 heavy (non-hydrogen) atoms. The van der Waals surface area contributed by atoms with Gasteiger partial charge in [0.1, 0.15) is 6.54 Å². The van der Waals surface area contributed by atoms with E-state index >= 15 is 0 Å². The van der Waals surface area contributed by atoms with Gasteiger partial charge in [-0.2, -0.15) is 0 Å². The number of aryl methyl sites for hydroxylation is 3. The Hall–Kier alpha value is -3.33. The van der Waals surface area contributed by atoms with Gasteiger partial charge in [0.2, 0.25) is 0 Å². The van der Waals surface area contributed by atoms with Gasteiger partial charge in [0.05, 0.1) is 34.9 Å². The molecule has 1 heterocycles. The number of nitrogen functional groups attached to an aromatic ring is 1. The number of anilines is 2. The van der Waals surface area contributed by atoms with Crippen LogP contribution in [0, 0.1) is 20.8 Å². The van der Waals surface area contributed by atoms with Crippen LogP contribution in [0.4, 0.5) is 11.4 Å². The first-order valence-electron chi connectivity index (χ1n) is 9.80. The molecule has 0 aliphatic heterocycles. The van der Waals surface area contributed by atoms with Gasteiger partial charge in [0.15, 0.2) is 0 Å². The molecule has 0 atom stereocenters. The molecule has 0 bridgehead atoms. The van der Waals surface area contributed by atoms with Crippen LogP contribution in [0.2, 0.25) is 0 Å². The zero-order valence-corrected chi connectivity index (χ0v) is 18.8. The van der Waals surface area contributed by atoms with E-state index in [0.717, 1.165) is 15.7 Å². The first-order valence-corrected chi connectivity index (χ1v) is 11.2. The monoisotopic (exact) mass is 442 g/mol. The van der Waals surface area contributed by atoms with Crippen molar-refractivity contribution in [3.63, 3.8) is 0 Å². The number of hydrogen-bond acceptors (Lipinski definition) is 6. The van der Waals surface area contributed by atoms with Gasteiger partial charge in [0, 0.05) is 11.9 Å². The van der Waals surface area contributed by atoms with Gasteiger partial charge < -0.3 is 15.0 Å². The van der Waals surface area contributed by atoms with Gasteiger partial charge in [-0.3, -0.25) is 9.10 Å². The van der Waals surface area contributed by atoms with Crippen molar-refractivity contribution in [2.45, 2.75) is 32.6 Å². The number of hydrogen-bond donors (Lipinski definition) is 1. The van der Waals surface area contributed by atoms with E-state index in [1.807, 2.05) is 17.7 Å². The summed E-state index contributed by atoms with van der Waals surface area (Å²) in [6, 6.07) is 10.1. The number of benzene rings is 2. The van der Waals surface area contributed by atoms with Gasteiger partial charge >= 0.3 is 5.97 Å². The number of ether oxygens (including phenoxy) is 1. The molecule has 2 aromatic carbocycles. The van der Waals surface area contributed by atoms with E-state index in [9.17, 15) is 13.2 Å². The molecule has 0 saturated carbocycles. The molecule has 2 N–H and O–H groups in total. The Morgan fingerprint density at radius 3 is 2.48 bits per heavy atom. The number of imidazole rings is 1. The first-order chi connectivity index (χ1) is 14.6. The summed E-state index contributed by atoms with van der Waals surface area (Å²) in [7, 11) is -4.11. The van der Waals surface area contributed by atoms with Crippen molar-refractivity contribution in [2.75, 3.05) is 23.2 Å². The Balaban J connectivity index is 2.10. The lowest BCUT2D eigenvalue weighted by molar-refractivity contribution is -0.141. The first kappa shape index (κ1) is 22.4. The Morgan fingerprint density at radius 1 is 1.16 bits per heavy atom. The molecule has 9 heteroatoms. The van der Waals surface area contributed by atoms with Crippen molar-refractivity contribution in [3.8, 4) is 5.69 Å². The van der Waals surface area contributed by atoms with Gasteiger partial charge in [-0.05, 0) is 63.1 Å². The molecule has 0 amide bonds. The molecule has 0 saturated heterocycles. The number of nitrogens with two attached hydrogens (primary N) is 1. The molecule has 3 rings (SSSR count). The van der Waals surface area contributed by atoms with E-state index in [0.29, 0.717) is 11.1 Å². The molecule has 3 aromatic rings. The van der Waals surface area contributed by atoms with Crippen LogP contribution in [-0.4, -0.2) is 37.1 Å². The molecule has 0 unspecified atom stereocenters. The summed E-state index contributed by atoms with van der Waals surface area (Å²) in [5, 5.41) is 0. The highest BCUT2D eigenvalue weighted by Crippen LogP contribution is 2.33. The zero-order valence-electron chi connectivity index (χ0n) is 18.0. The van der Waals surface area contributed by atoms with Crippen LogP contribution in [0.1, 0.15) is 23.7 Å². The third-order valence-electron chi connectivity index (χ3n) is 4.83. The summed E-state index contributed by atoms with van der Waals surface area (Å²) in [4.78, 5) is 16.6. The number of sulfonamides is 1. The molecule has 0 spiro atoms. The van der Waals surface area contributed by atoms with Crippen LogP contribution in [-0.2, 0) is 19.6 Å². The summed E-state index contributed by atoms with van der Waals surface area (Å²) in [5.41, 5.74) is 9.45. The summed E-state index contributed by atoms with van der Waals surface area (Å²) in [5.74, 6) is -0.656. The standard InChI is InChI=1S/C22H26N4O4S/c1-5-30-21(27)13-26(22-15(2)7-6-8-19(22)23)31(28,29)20-10-9-18(11-16(20)3)25-12-17(4)24-14-25/h6-12,14H,5,13,23H2,1-4H3.